The van der Waals surface area contributed by atoms with E-state index in [0.29, 0.717) is 24.5 Å². The highest BCUT2D eigenvalue weighted by atomic mass is 35.5. The van der Waals surface area contributed by atoms with E-state index in [1.54, 1.807) is 0 Å². The molecule has 2 heterocycles. The van der Waals surface area contributed by atoms with E-state index in [9.17, 15) is 9.18 Å². The smallest absolute Gasteiger partial charge is 0.220 e. The largest absolute Gasteiger partial charge is 0.355 e. The molecule has 1 N–H and O–H groups in total. The first-order chi connectivity index (χ1) is 17.6. The van der Waals surface area contributed by atoms with E-state index in [1.807, 2.05) is 48.5 Å². The Balaban J connectivity index is 1.44. The lowest BCUT2D eigenvalue weighted by Gasteiger charge is -2.19. The van der Waals surface area contributed by atoms with Gasteiger partial charge < -0.3 is 14.8 Å². The van der Waals surface area contributed by atoms with Gasteiger partial charge in [-0.15, -0.1) is 0 Å². The van der Waals surface area contributed by atoms with Gasteiger partial charge in [-0.2, -0.15) is 0 Å². The SMILES string of the molecule is O=C(C[C@@H](c1cccc(Cl)c1)c1cn(Cc2ccc(F)cc2)c2ccccc12)NCCN1CCCC1. The number of hydrogen-bond donors (Lipinski definition) is 1. The lowest BCUT2D eigenvalue weighted by Crippen LogP contribution is -2.34. The van der Waals surface area contributed by atoms with Gasteiger partial charge in [0, 0.05) is 54.1 Å². The Morgan fingerprint density at radius 3 is 2.56 bits per heavy atom. The summed E-state index contributed by atoms with van der Waals surface area (Å²) in [4.78, 5) is 15.5. The Morgan fingerprint density at radius 2 is 1.78 bits per heavy atom. The van der Waals surface area contributed by atoms with E-state index in [-0.39, 0.29) is 17.6 Å². The van der Waals surface area contributed by atoms with E-state index in [1.165, 1.54) is 25.0 Å². The summed E-state index contributed by atoms with van der Waals surface area (Å²) in [5.41, 5.74) is 4.20. The fourth-order valence-electron chi connectivity index (χ4n) is 5.22. The van der Waals surface area contributed by atoms with E-state index in [0.717, 1.165) is 47.2 Å². The highest BCUT2D eigenvalue weighted by Gasteiger charge is 2.23. The van der Waals surface area contributed by atoms with Crippen LogP contribution in [0.15, 0.2) is 79.0 Å². The molecule has 1 saturated heterocycles. The Bertz CT molecular complexity index is 1330. The van der Waals surface area contributed by atoms with Crippen LogP contribution in [0.2, 0.25) is 5.02 Å². The molecule has 6 heteroatoms. The Labute approximate surface area is 216 Å². The molecular weight excluding hydrogens is 473 g/mol. The molecule has 0 saturated carbocycles. The number of benzene rings is 3. The number of rotatable bonds is 9. The molecule has 4 aromatic rings. The van der Waals surface area contributed by atoms with Crippen molar-refractivity contribution in [1.82, 2.24) is 14.8 Å². The standard InChI is InChI=1S/C30H31ClFN3O/c31-24-7-5-6-23(18-24)27(19-30(36)33-14-17-34-15-3-4-16-34)28-21-35(29-9-2-1-8-26(28)29)20-22-10-12-25(32)13-11-22/h1-2,5-13,18,21,27H,3-4,14-17,19-20H2,(H,33,36)/t27-/m0/s1. The maximum atomic E-state index is 13.4. The van der Waals surface area contributed by atoms with Crippen molar-refractivity contribution < 1.29 is 9.18 Å². The summed E-state index contributed by atoms with van der Waals surface area (Å²) in [5, 5.41) is 4.90. The molecule has 0 bridgehead atoms. The zero-order chi connectivity index (χ0) is 24.9. The second kappa shape index (κ2) is 11.3. The van der Waals surface area contributed by atoms with Crippen molar-refractivity contribution >= 4 is 28.4 Å². The van der Waals surface area contributed by atoms with Gasteiger partial charge in [0.05, 0.1) is 0 Å². The van der Waals surface area contributed by atoms with E-state index in [2.05, 4.69) is 33.1 Å². The molecule has 1 amide bonds. The third-order valence-corrected chi connectivity index (χ3v) is 7.29. The molecule has 0 unspecified atom stereocenters. The molecule has 1 atom stereocenters. The summed E-state index contributed by atoms with van der Waals surface area (Å²) in [6.07, 6.45) is 4.96. The van der Waals surface area contributed by atoms with Crippen molar-refractivity contribution in [3.05, 3.63) is 107 Å². The number of carbonyl (C=O) groups excluding carboxylic acids is 1. The van der Waals surface area contributed by atoms with E-state index in [4.69, 9.17) is 11.6 Å². The summed E-state index contributed by atoms with van der Waals surface area (Å²) in [7, 11) is 0. The van der Waals surface area contributed by atoms with Gasteiger partial charge in [0.2, 0.25) is 5.91 Å². The highest BCUT2D eigenvalue weighted by Crippen LogP contribution is 2.36. The molecule has 1 aliphatic heterocycles. The first-order valence-corrected chi connectivity index (χ1v) is 13.0. The zero-order valence-electron chi connectivity index (χ0n) is 20.3. The zero-order valence-corrected chi connectivity index (χ0v) is 21.1. The summed E-state index contributed by atoms with van der Waals surface area (Å²) in [5.74, 6) is -0.349. The van der Waals surface area contributed by atoms with Gasteiger partial charge in [0.15, 0.2) is 0 Å². The van der Waals surface area contributed by atoms with E-state index >= 15 is 0 Å². The summed E-state index contributed by atoms with van der Waals surface area (Å²) in [6, 6.07) is 22.6. The van der Waals surface area contributed by atoms with Gasteiger partial charge in [-0.3, -0.25) is 4.79 Å². The number of carbonyl (C=O) groups is 1. The number of likely N-dealkylation sites (tertiary alicyclic amines) is 1. The van der Waals surface area contributed by atoms with Gasteiger partial charge in [-0.1, -0.05) is 54.1 Å². The fraction of sp³-hybridized carbons (Fsp3) is 0.300. The van der Waals surface area contributed by atoms with Crippen molar-refractivity contribution in [3.8, 4) is 0 Å². The molecule has 0 aliphatic carbocycles. The maximum Gasteiger partial charge on any atom is 0.220 e. The van der Waals surface area contributed by atoms with Gasteiger partial charge >= 0.3 is 0 Å². The van der Waals surface area contributed by atoms with Crippen molar-refractivity contribution in [2.24, 2.45) is 0 Å². The summed E-state index contributed by atoms with van der Waals surface area (Å²) < 4.78 is 15.6. The van der Waals surface area contributed by atoms with Crippen LogP contribution in [0.5, 0.6) is 0 Å². The number of hydrogen-bond acceptors (Lipinski definition) is 2. The van der Waals surface area contributed by atoms with Crippen LogP contribution in [0.3, 0.4) is 0 Å². The average molecular weight is 504 g/mol. The monoisotopic (exact) mass is 503 g/mol. The van der Waals surface area contributed by atoms with Gasteiger partial charge in [0.25, 0.3) is 0 Å². The van der Waals surface area contributed by atoms with Crippen LogP contribution in [-0.4, -0.2) is 41.6 Å². The minimum absolute atomic E-state index is 0.0366. The molecule has 4 nitrogen and oxygen atoms in total. The summed E-state index contributed by atoms with van der Waals surface area (Å²) >= 11 is 6.37. The molecule has 3 aromatic carbocycles. The predicted molar refractivity (Wildman–Crippen MR) is 144 cm³/mol. The molecule has 1 fully saturated rings. The van der Waals surface area contributed by atoms with Crippen molar-refractivity contribution in [1.29, 1.82) is 0 Å². The second-order valence-corrected chi connectivity index (χ2v) is 10.0. The first kappa shape index (κ1) is 24.5. The predicted octanol–water partition coefficient (Wildman–Crippen LogP) is 6.22. The normalized spacial score (nSPS) is 14.8. The lowest BCUT2D eigenvalue weighted by molar-refractivity contribution is -0.121. The molecule has 186 valence electrons. The average Bonchev–Trinajstić information content (AvgIpc) is 3.52. The van der Waals surface area contributed by atoms with Crippen LogP contribution in [0, 0.1) is 5.82 Å². The first-order valence-electron chi connectivity index (χ1n) is 12.6. The topological polar surface area (TPSA) is 37.3 Å². The van der Waals surface area contributed by atoms with Crippen LogP contribution in [-0.2, 0) is 11.3 Å². The number of nitrogens with zero attached hydrogens (tertiary/aromatic N) is 2. The Kier molecular flexibility index (Phi) is 7.69. The van der Waals surface area contributed by atoms with Crippen LogP contribution < -0.4 is 5.32 Å². The quantitative estimate of drug-likeness (QED) is 0.294. The number of halogens is 2. The molecular formula is C30H31ClFN3O. The molecule has 1 aliphatic rings. The number of fused-ring (bicyclic) bond motifs is 1. The van der Waals surface area contributed by atoms with Crippen molar-refractivity contribution in [2.45, 2.75) is 31.7 Å². The number of amides is 1. The lowest BCUT2D eigenvalue weighted by atomic mass is 9.88. The minimum Gasteiger partial charge on any atom is -0.355 e. The van der Waals surface area contributed by atoms with E-state index < -0.39 is 0 Å². The number of nitrogens with one attached hydrogen (secondary N) is 1. The molecule has 1 aromatic heterocycles. The molecule has 5 rings (SSSR count). The Morgan fingerprint density at radius 1 is 1.00 bits per heavy atom. The second-order valence-electron chi connectivity index (χ2n) is 9.57. The van der Waals surface area contributed by atoms with Crippen LogP contribution >= 0.6 is 11.6 Å². The third kappa shape index (κ3) is 5.80. The maximum absolute atomic E-state index is 13.4. The fourth-order valence-corrected chi connectivity index (χ4v) is 5.42. The van der Waals surface area contributed by atoms with Gasteiger partial charge in [-0.05, 0) is 73.0 Å². The minimum atomic E-state index is -0.242. The van der Waals surface area contributed by atoms with Gasteiger partial charge in [-0.25, -0.2) is 4.39 Å². The van der Waals surface area contributed by atoms with Crippen LogP contribution in [0.1, 0.15) is 41.9 Å². The number of aromatic nitrogens is 1. The molecule has 36 heavy (non-hydrogen) atoms. The Hall–Kier alpha value is -3.15. The molecule has 0 radical (unpaired) electrons. The summed E-state index contributed by atoms with van der Waals surface area (Å²) in [6.45, 7) is 4.41. The third-order valence-electron chi connectivity index (χ3n) is 7.05. The van der Waals surface area contributed by atoms with Crippen molar-refractivity contribution in [2.75, 3.05) is 26.2 Å². The highest BCUT2D eigenvalue weighted by molar-refractivity contribution is 6.30. The molecule has 0 spiro atoms. The number of para-hydroxylation sites is 1. The van der Waals surface area contributed by atoms with Crippen molar-refractivity contribution in [3.63, 3.8) is 0 Å². The van der Waals surface area contributed by atoms with Gasteiger partial charge in [0.1, 0.15) is 5.82 Å². The van der Waals surface area contributed by atoms with Crippen LogP contribution in [0.4, 0.5) is 4.39 Å². The van der Waals surface area contributed by atoms with Crippen LogP contribution in [0.25, 0.3) is 10.9 Å².